The molecule has 0 radical (unpaired) electrons. The number of aryl methyl sites for hydroxylation is 1. The number of nitrogens with one attached hydrogen (secondary N) is 1. The lowest BCUT2D eigenvalue weighted by molar-refractivity contribution is -0.0361. The van der Waals surface area contributed by atoms with Gasteiger partial charge in [-0.3, -0.25) is 0 Å². The number of pyridine rings is 1. The van der Waals surface area contributed by atoms with Crippen LogP contribution in [0.5, 0.6) is 0 Å². The molecule has 27 heavy (non-hydrogen) atoms. The Morgan fingerprint density at radius 3 is 2.56 bits per heavy atom. The van der Waals surface area contributed by atoms with E-state index in [1.54, 1.807) is 11.3 Å². The quantitative estimate of drug-likeness (QED) is 0.818. The molecule has 1 aliphatic carbocycles. The summed E-state index contributed by atoms with van der Waals surface area (Å²) in [5, 5.41) is 6.25. The van der Waals surface area contributed by atoms with E-state index in [-0.39, 0.29) is 18.9 Å². The molecule has 146 valence electrons. The van der Waals surface area contributed by atoms with E-state index in [2.05, 4.69) is 15.2 Å². The summed E-state index contributed by atoms with van der Waals surface area (Å²) in [6.07, 6.45) is 0.776. The molecule has 8 heteroatoms. The SMILES string of the molecule is Cc1csc(-c2cc(N(C)C3COC3)cc(NC3CCC(F)(F)CC3)n2)n1. The normalized spacial score (nSPS) is 20.3. The number of thiazole rings is 1. The zero-order chi connectivity index (χ0) is 19.0. The van der Waals surface area contributed by atoms with Crippen LogP contribution >= 0.6 is 11.3 Å². The molecule has 0 atom stereocenters. The predicted molar refractivity (Wildman–Crippen MR) is 104 cm³/mol. The van der Waals surface area contributed by atoms with Crippen molar-refractivity contribution in [3.05, 3.63) is 23.2 Å². The highest BCUT2D eigenvalue weighted by molar-refractivity contribution is 7.13. The topological polar surface area (TPSA) is 50.3 Å². The average molecular weight is 394 g/mol. The van der Waals surface area contributed by atoms with Crippen molar-refractivity contribution >= 4 is 22.8 Å². The number of ether oxygens (including phenoxy) is 1. The largest absolute Gasteiger partial charge is 0.377 e. The second-order valence-corrected chi connectivity index (χ2v) is 8.32. The van der Waals surface area contributed by atoms with Crippen LogP contribution in [0.4, 0.5) is 20.3 Å². The Kier molecular flexibility index (Phi) is 5.03. The van der Waals surface area contributed by atoms with Crippen LogP contribution in [-0.2, 0) is 4.74 Å². The van der Waals surface area contributed by atoms with E-state index in [1.165, 1.54) is 0 Å². The number of halogens is 2. The Balaban J connectivity index is 1.59. The van der Waals surface area contributed by atoms with Gasteiger partial charge in [-0.2, -0.15) is 0 Å². The van der Waals surface area contributed by atoms with Crippen LogP contribution in [0.25, 0.3) is 10.7 Å². The van der Waals surface area contributed by atoms with Crippen LogP contribution in [-0.4, -0.2) is 48.2 Å². The Hall–Kier alpha value is -1.80. The molecule has 1 aliphatic heterocycles. The van der Waals surface area contributed by atoms with E-state index in [4.69, 9.17) is 9.72 Å². The van der Waals surface area contributed by atoms with Gasteiger partial charge in [-0.05, 0) is 25.8 Å². The molecule has 0 aromatic carbocycles. The number of alkyl halides is 2. The first kappa shape index (κ1) is 18.6. The number of likely N-dealkylation sites (N-methyl/N-ethyl adjacent to an activating group) is 1. The average Bonchev–Trinajstić information content (AvgIpc) is 3.01. The van der Waals surface area contributed by atoms with Gasteiger partial charge in [0.25, 0.3) is 0 Å². The minimum Gasteiger partial charge on any atom is -0.377 e. The molecule has 2 aromatic heterocycles. The fraction of sp³-hybridized carbons (Fsp3) is 0.579. The number of anilines is 2. The van der Waals surface area contributed by atoms with Crippen molar-refractivity contribution in [2.24, 2.45) is 0 Å². The van der Waals surface area contributed by atoms with Crippen LogP contribution in [0, 0.1) is 6.92 Å². The first-order chi connectivity index (χ1) is 12.9. The van der Waals surface area contributed by atoms with Gasteiger partial charge < -0.3 is 15.0 Å². The molecule has 0 amide bonds. The third-order valence-corrected chi connectivity index (χ3v) is 6.28. The smallest absolute Gasteiger partial charge is 0.248 e. The zero-order valence-electron chi connectivity index (χ0n) is 15.5. The van der Waals surface area contributed by atoms with Crippen molar-refractivity contribution in [2.75, 3.05) is 30.5 Å². The third-order valence-electron chi connectivity index (χ3n) is 5.29. The van der Waals surface area contributed by atoms with Crippen molar-refractivity contribution in [1.82, 2.24) is 9.97 Å². The summed E-state index contributed by atoms with van der Waals surface area (Å²) in [5.74, 6) is -1.81. The molecule has 3 heterocycles. The summed E-state index contributed by atoms with van der Waals surface area (Å²) < 4.78 is 32.2. The van der Waals surface area contributed by atoms with Crippen molar-refractivity contribution in [2.45, 2.75) is 50.6 Å². The minimum absolute atomic E-state index is 0.0237. The highest BCUT2D eigenvalue weighted by Gasteiger charge is 2.35. The van der Waals surface area contributed by atoms with Crippen molar-refractivity contribution < 1.29 is 13.5 Å². The molecule has 0 unspecified atom stereocenters. The lowest BCUT2D eigenvalue weighted by Gasteiger charge is -2.36. The highest BCUT2D eigenvalue weighted by Crippen LogP contribution is 2.35. The molecule has 1 N–H and O–H groups in total. The Morgan fingerprint density at radius 1 is 1.22 bits per heavy atom. The lowest BCUT2D eigenvalue weighted by Crippen LogP contribution is -2.47. The van der Waals surface area contributed by atoms with Gasteiger partial charge in [0.05, 0.1) is 19.3 Å². The van der Waals surface area contributed by atoms with Crippen LogP contribution in [0.15, 0.2) is 17.5 Å². The molecule has 5 nitrogen and oxygen atoms in total. The molecule has 2 aliphatic rings. The number of hydrogen-bond donors (Lipinski definition) is 1. The molecule has 1 saturated carbocycles. The van der Waals surface area contributed by atoms with Gasteiger partial charge in [-0.1, -0.05) is 0 Å². The number of nitrogens with zero attached hydrogens (tertiary/aromatic N) is 3. The van der Waals surface area contributed by atoms with Gasteiger partial charge in [0.15, 0.2) is 0 Å². The molecule has 0 bridgehead atoms. The monoisotopic (exact) mass is 394 g/mol. The molecular weight excluding hydrogens is 370 g/mol. The standard InChI is InChI=1S/C19H24F2N4OS/c1-12-11-27-18(22-12)16-7-14(25(2)15-9-26-10-15)8-17(24-16)23-13-3-5-19(20,21)6-4-13/h7-8,11,13,15H,3-6,9-10H2,1-2H3,(H,23,24). The summed E-state index contributed by atoms with van der Waals surface area (Å²) in [5.41, 5.74) is 2.80. The second-order valence-electron chi connectivity index (χ2n) is 7.47. The van der Waals surface area contributed by atoms with E-state index < -0.39 is 5.92 Å². The second kappa shape index (κ2) is 7.31. The van der Waals surface area contributed by atoms with Gasteiger partial charge in [-0.15, -0.1) is 11.3 Å². The van der Waals surface area contributed by atoms with Gasteiger partial charge in [-0.25, -0.2) is 18.7 Å². The Bertz CT molecular complexity index is 799. The van der Waals surface area contributed by atoms with Gasteiger partial charge >= 0.3 is 0 Å². The summed E-state index contributed by atoms with van der Waals surface area (Å²) in [7, 11) is 2.05. The molecule has 2 fully saturated rings. The fourth-order valence-corrected chi connectivity index (χ4v) is 4.18. The Labute approximate surface area is 161 Å². The molecule has 1 saturated heterocycles. The van der Waals surface area contributed by atoms with E-state index in [0.29, 0.717) is 32.1 Å². The fourth-order valence-electron chi connectivity index (χ4n) is 3.43. The van der Waals surface area contributed by atoms with Gasteiger partial charge in [0.2, 0.25) is 5.92 Å². The maximum Gasteiger partial charge on any atom is 0.248 e. The van der Waals surface area contributed by atoms with Crippen molar-refractivity contribution in [3.8, 4) is 10.7 Å². The van der Waals surface area contributed by atoms with Gasteiger partial charge in [0, 0.05) is 48.8 Å². The van der Waals surface area contributed by atoms with E-state index >= 15 is 0 Å². The predicted octanol–water partition coefficient (Wildman–Crippen LogP) is 4.34. The summed E-state index contributed by atoms with van der Waals surface area (Å²) in [4.78, 5) is 11.5. The van der Waals surface area contributed by atoms with Crippen LogP contribution in [0.3, 0.4) is 0 Å². The summed E-state index contributed by atoms with van der Waals surface area (Å²) in [6.45, 7) is 3.39. The maximum absolute atomic E-state index is 13.4. The molecular formula is C19H24F2N4OS. The Morgan fingerprint density at radius 2 is 1.96 bits per heavy atom. The lowest BCUT2D eigenvalue weighted by atomic mass is 9.92. The van der Waals surface area contributed by atoms with E-state index in [0.717, 1.165) is 27.9 Å². The first-order valence-corrected chi connectivity index (χ1v) is 10.2. The molecule has 0 spiro atoms. The van der Waals surface area contributed by atoms with Crippen LogP contribution < -0.4 is 10.2 Å². The summed E-state index contributed by atoms with van der Waals surface area (Å²) in [6, 6.07) is 4.40. The van der Waals surface area contributed by atoms with Crippen molar-refractivity contribution in [1.29, 1.82) is 0 Å². The van der Waals surface area contributed by atoms with Crippen molar-refractivity contribution in [3.63, 3.8) is 0 Å². The van der Waals surface area contributed by atoms with Gasteiger partial charge in [0.1, 0.15) is 16.5 Å². The van der Waals surface area contributed by atoms with Crippen LogP contribution in [0.2, 0.25) is 0 Å². The van der Waals surface area contributed by atoms with E-state index in [9.17, 15) is 8.78 Å². The maximum atomic E-state index is 13.4. The van der Waals surface area contributed by atoms with E-state index in [1.807, 2.05) is 31.5 Å². The first-order valence-electron chi connectivity index (χ1n) is 9.29. The van der Waals surface area contributed by atoms with Crippen LogP contribution in [0.1, 0.15) is 31.4 Å². The molecule has 4 rings (SSSR count). The number of aromatic nitrogens is 2. The summed E-state index contributed by atoms with van der Waals surface area (Å²) >= 11 is 1.56. The minimum atomic E-state index is -2.53. The number of hydrogen-bond acceptors (Lipinski definition) is 6. The number of rotatable bonds is 5. The third kappa shape index (κ3) is 4.21. The highest BCUT2D eigenvalue weighted by atomic mass is 32.1. The zero-order valence-corrected chi connectivity index (χ0v) is 16.4. The molecule has 2 aromatic rings.